The van der Waals surface area contributed by atoms with E-state index in [1.54, 1.807) is 0 Å². The summed E-state index contributed by atoms with van der Waals surface area (Å²) in [5, 5.41) is 12.8. The minimum Gasteiger partial charge on any atom is -0.349 e. The van der Waals surface area contributed by atoms with E-state index in [0.717, 1.165) is 11.1 Å². The zero-order chi connectivity index (χ0) is 20.3. The van der Waals surface area contributed by atoms with Crippen LogP contribution >= 0.6 is 23.4 Å². The molecule has 1 amide bonds. The first-order chi connectivity index (χ1) is 13.4. The van der Waals surface area contributed by atoms with Crippen molar-refractivity contribution in [3.63, 3.8) is 0 Å². The first-order valence-electron chi connectivity index (χ1n) is 9.00. The molecule has 1 aromatic heterocycles. The minimum atomic E-state index is -0.0504. The van der Waals surface area contributed by atoms with Gasteiger partial charge in [-0.05, 0) is 49.6 Å². The number of carbonyl (C=O) groups is 1. The summed E-state index contributed by atoms with van der Waals surface area (Å²) in [7, 11) is 1.87. The highest BCUT2D eigenvalue weighted by Crippen LogP contribution is 2.28. The molecule has 1 atom stereocenters. The minimum absolute atomic E-state index is 0.0435. The van der Waals surface area contributed by atoms with E-state index in [0.29, 0.717) is 16.0 Å². The quantitative estimate of drug-likeness (QED) is 0.593. The molecule has 0 aliphatic rings. The van der Waals surface area contributed by atoms with E-state index >= 15 is 0 Å². The smallest absolute Gasteiger partial charge is 0.230 e. The van der Waals surface area contributed by atoms with Crippen LogP contribution in [-0.4, -0.2) is 26.4 Å². The van der Waals surface area contributed by atoms with Crippen molar-refractivity contribution in [3.05, 3.63) is 64.2 Å². The molecule has 1 N–H and O–H groups in total. The Kier molecular flexibility index (Phi) is 6.42. The molecule has 0 fully saturated rings. The number of amides is 1. The fourth-order valence-electron chi connectivity index (χ4n) is 2.85. The highest BCUT2D eigenvalue weighted by molar-refractivity contribution is 7.99. The van der Waals surface area contributed by atoms with Crippen LogP contribution in [0, 0.1) is 13.8 Å². The lowest BCUT2D eigenvalue weighted by atomic mass is 10.0. The number of rotatable bonds is 6. The summed E-state index contributed by atoms with van der Waals surface area (Å²) in [5.74, 6) is 0.902. The molecule has 0 bridgehead atoms. The van der Waals surface area contributed by atoms with Crippen LogP contribution in [0.1, 0.15) is 29.7 Å². The maximum atomic E-state index is 12.4. The number of hydrogen-bond acceptors (Lipinski definition) is 4. The molecule has 0 spiro atoms. The van der Waals surface area contributed by atoms with Gasteiger partial charge in [0.2, 0.25) is 5.91 Å². The van der Waals surface area contributed by atoms with E-state index in [4.69, 9.17) is 11.6 Å². The summed E-state index contributed by atoms with van der Waals surface area (Å²) in [6.07, 6.45) is 0. The molecule has 146 valence electrons. The Morgan fingerprint density at radius 1 is 1.18 bits per heavy atom. The number of carbonyl (C=O) groups excluding carboxylic acids is 1. The van der Waals surface area contributed by atoms with Gasteiger partial charge < -0.3 is 9.88 Å². The van der Waals surface area contributed by atoms with E-state index in [-0.39, 0.29) is 17.7 Å². The second kappa shape index (κ2) is 8.80. The second-order valence-corrected chi connectivity index (χ2v) is 8.12. The third-order valence-corrected chi connectivity index (χ3v) is 6.04. The number of aryl methyl sites for hydroxylation is 2. The molecule has 3 aromatic rings. The van der Waals surface area contributed by atoms with Gasteiger partial charge in [0.05, 0.1) is 16.8 Å². The van der Waals surface area contributed by atoms with Gasteiger partial charge in [-0.1, -0.05) is 53.7 Å². The highest BCUT2D eigenvalue weighted by Gasteiger charge is 2.16. The Balaban J connectivity index is 1.62. The molecule has 0 saturated carbocycles. The molecule has 5 nitrogen and oxygen atoms in total. The van der Waals surface area contributed by atoms with Gasteiger partial charge in [0.15, 0.2) is 11.0 Å². The molecule has 0 unspecified atom stereocenters. The lowest BCUT2D eigenvalue weighted by Gasteiger charge is -2.15. The third kappa shape index (κ3) is 4.56. The van der Waals surface area contributed by atoms with Crippen LogP contribution in [0.25, 0.3) is 11.4 Å². The van der Waals surface area contributed by atoms with E-state index in [1.165, 1.54) is 22.9 Å². The van der Waals surface area contributed by atoms with Crippen LogP contribution in [0.3, 0.4) is 0 Å². The van der Waals surface area contributed by atoms with Crippen LogP contribution in [0.15, 0.2) is 47.6 Å². The average molecular weight is 415 g/mol. The highest BCUT2D eigenvalue weighted by atomic mass is 35.5. The molecule has 0 radical (unpaired) electrons. The van der Waals surface area contributed by atoms with E-state index < -0.39 is 0 Å². The van der Waals surface area contributed by atoms with Crippen molar-refractivity contribution in [1.82, 2.24) is 20.1 Å². The van der Waals surface area contributed by atoms with Gasteiger partial charge in [0, 0.05) is 12.6 Å². The normalized spacial score (nSPS) is 12.0. The number of aromatic nitrogens is 3. The Morgan fingerprint density at radius 2 is 1.93 bits per heavy atom. The standard InChI is InChI=1S/C21H23ClN4OS/c1-13-9-10-16(11-14(13)2)15(3)23-19(27)12-28-21-25-24-20(26(21)4)17-7-5-6-8-18(17)22/h5-11,15H,12H2,1-4H3,(H,23,27)/t15-/m1/s1. The molecular formula is C21H23ClN4OS. The van der Waals surface area contributed by atoms with Gasteiger partial charge in [-0.15, -0.1) is 10.2 Å². The molecule has 28 heavy (non-hydrogen) atoms. The Bertz CT molecular complexity index is 1000. The fourth-order valence-corrected chi connectivity index (χ4v) is 3.79. The summed E-state index contributed by atoms with van der Waals surface area (Å²) in [6, 6.07) is 13.7. The second-order valence-electron chi connectivity index (χ2n) is 6.77. The first-order valence-corrected chi connectivity index (χ1v) is 10.4. The zero-order valence-corrected chi connectivity index (χ0v) is 17.9. The molecule has 1 heterocycles. The zero-order valence-electron chi connectivity index (χ0n) is 16.4. The molecular weight excluding hydrogens is 392 g/mol. The van der Waals surface area contributed by atoms with Gasteiger partial charge in [0.1, 0.15) is 0 Å². The number of halogens is 1. The van der Waals surface area contributed by atoms with Crippen molar-refractivity contribution >= 4 is 29.3 Å². The summed E-state index contributed by atoms with van der Waals surface area (Å²) < 4.78 is 1.85. The summed E-state index contributed by atoms with van der Waals surface area (Å²) in [4.78, 5) is 12.4. The predicted molar refractivity (Wildman–Crippen MR) is 115 cm³/mol. The van der Waals surface area contributed by atoms with Crippen molar-refractivity contribution in [1.29, 1.82) is 0 Å². The van der Waals surface area contributed by atoms with Gasteiger partial charge in [-0.3, -0.25) is 4.79 Å². The summed E-state index contributed by atoms with van der Waals surface area (Å²) >= 11 is 7.61. The predicted octanol–water partition coefficient (Wildman–Crippen LogP) is 4.72. The van der Waals surface area contributed by atoms with Crippen molar-refractivity contribution in [3.8, 4) is 11.4 Å². The Hall–Kier alpha value is -2.31. The third-order valence-electron chi connectivity index (χ3n) is 4.69. The van der Waals surface area contributed by atoms with E-state index in [1.807, 2.05) is 42.8 Å². The van der Waals surface area contributed by atoms with Gasteiger partial charge in [-0.2, -0.15) is 0 Å². The SMILES string of the molecule is Cc1ccc([C@@H](C)NC(=O)CSc2nnc(-c3ccccc3Cl)n2C)cc1C. The summed E-state index contributed by atoms with van der Waals surface area (Å²) in [5.41, 5.74) is 4.38. The monoisotopic (exact) mass is 414 g/mol. The molecule has 0 aliphatic heterocycles. The number of nitrogens with zero attached hydrogens (tertiary/aromatic N) is 3. The van der Waals surface area contributed by atoms with E-state index in [2.05, 4.69) is 47.6 Å². The molecule has 0 saturated heterocycles. The molecule has 0 aliphatic carbocycles. The molecule has 2 aromatic carbocycles. The fraction of sp³-hybridized carbons (Fsp3) is 0.286. The van der Waals surface area contributed by atoms with Crippen LogP contribution < -0.4 is 5.32 Å². The van der Waals surface area contributed by atoms with Crippen LogP contribution in [0.5, 0.6) is 0 Å². The lowest BCUT2D eigenvalue weighted by Crippen LogP contribution is -2.28. The maximum absolute atomic E-state index is 12.4. The number of hydrogen-bond donors (Lipinski definition) is 1. The lowest BCUT2D eigenvalue weighted by molar-refractivity contribution is -0.119. The molecule has 3 rings (SSSR count). The largest absolute Gasteiger partial charge is 0.349 e. The summed E-state index contributed by atoms with van der Waals surface area (Å²) in [6.45, 7) is 6.15. The van der Waals surface area contributed by atoms with Crippen molar-refractivity contribution < 1.29 is 4.79 Å². The van der Waals surface area contributed by atoms with Crippen LogP contribution in [0.2, 0.25) is 5.02 Å². The van der Waals surface area contributed by atoms with Crippen molar-refractivity contribution in [2.45, 2.75) is 32.0 Å². The number of thioether (sulfide) groups is 1. The van der Waals surface area contributed by atoms with E-state index in [9.17, 15) is 4.79 Å². The van der Waals surface area contributed by atoms with Gasteiger partial charge in [-0.25, -0.2) is 0 Å². The van der Waals surface area contributed by atoms with Crippen molar-refractivity contribution in [2.75, 3.05) is 5.75 Å². The molecule has 7 heteroatoms. The van der Waals surface area contributed by atoms with Crippen LogP contribution in [-0.2, 0) is 11.8 Å². The maximum Gasteiger partial charge on any atom is 0.230 e. The van der Waals surface area contributed by atoms with Gasteiger partial charge in [0.25, 0.3) is 0 Å². The Labute approximate surface area is 174 Å². The average Bonchev–Trinajstić information content (AvgIpc) is 3.03. The number of benzene rings is 2. The van der Waals surface area contributed by atoms with Crippen LogP contribution in [0.4, 0.5) is 0 Å². The van der Waals surface area contributed by atoms with Crippen molar-refractivity contribution in [2.24, 2.45) is 7.05 Å². The number of nitrogens with one attached hydrogen (secondary N) is 1. The Morgan fingerprint density at radius 3 is 2.64 bits per heavy atom. The first kappa shape index (κ1) is 20.4. The van der Waals surface area contributed by atoms with Gasteiger partial charge >= 0.3 is 0 Å². The topological polar surface area (TPSA) is 59.8 Å².